The van der Waals surface area contributed by atoms with E-state index in [1.165, 1.54) is 0 Å². The minimum absolute atomic E-state index is 0.107. The SMILES string of the molecule is CCC(=O)c1sc(NC(C)c2cn[nH]c2)c(C(N)=O)c1N. The standard InChI is InChI=1S/C13H17N5O2S/c1-3-8(19)11-10(14)9(12(15)20)13(21-11)18-6(2)7-4-16-17-5-7/h4-6,18H,3,14H2,1-2H3,(H2,15,20)(H,16,17). The van der Waals surface area contributed by atoms with Crippen LogP contribution in [0.1, 0.15) is 51.9 Å². The predicted octanol–water partition coefficient (Wildman–Crippen LogP) is 1.92. The summed E-state index contributed by atoms with van der Waals surface area (Å²) in [5.74, 6) is -0.759. The summed E-state index contributed by atoms with van der Waals surface area (Å²) in [7, 11) is 0. The molecule has 2 aromatic rings. The Morgan fingerprint density at radius 3 is 2.76 bits per heavy atom. The number of ketones is 1. The van der Waals surface area contributed by atoms with Crippen molar-refractivity contribution in [3.63, 3.8) is 0 Å². The molecule has 0 bridgehead atoms. The summed E-state index contributed by atoms with van der Waals surface area (Å²) >= 11 is 1.16. The van der Waals surface area contributed by atoms with E-state index < -0.39 is 5.91 Å². The number of carbonyl (C=O) groups is 2. The highest BCUT2D eigenvalue weighted by Gasteiger charge is 2.24. The van der Waals surface area contributed by atoms with Crippen molar-refractivity contribution in [1.29, 1.82) is 0 Å². The molecule has 2 rings (SSSR count). The van der Waals surface area contributed by atoms with Crippen LogP contribution in [0, 0.1) is 0 Å². The van der Waals surface area contributed by atoms with E-state index in [2.05, 4.69) is 15.5 Å². The Bertz CT molecular complexity index is 662. The van der Waals surface area contributed by atoms with Gasteiger partial charge in [-0.3, -0.25) is 14.7 Å². The van der Waals surface area contributed by atoms with Crippen LogP contribution < -0.4 is 16.8 Å². The summed E-state index contributed by atoms with van der Waals surface area (Å²) in [6.07, 6.45) is 3.74. The van der Waals surface area contributed by atoms with Crippen LogP contribution in [0.25, 0.3) is 0 Å². The van der Waals surface area contributed by atoms with Gasteiger partial charge in [0.1, 0.15) is 5.00 Å². The van der Waals surface area contributed by atoms with Crippen LogP contribution in [0.2, 0.25) is 0 Å². The summed E-state index contributed by atoms with van der Waals surface area (Å²) in [6.45, 7) is 3.65. The van der Waals surface area contributed by atoms with Crippen LogP contribution in [0.15, 0.2) is 12.4 Å². The first kappa shape index (κ1) is 15.0. The minimum Gasteiger partial charge on any atom is -0.397 e. The maximum absolute atomic E-state index is 11.9. The highest BCUT2D eigenvalue weighted by Crippen LogP contribution is 2.37. The fourth-order valence-corrected chi connectivity index (χ4v) is 3.16. The third-order valence-electron chi connectivity index (χ3n) is 3.13. The lowest BCUT2D eigenvalue weighted by Crippen LogP contribution is -2.16. The van der Waals surface area contributed by atoms with Gasteiger partial charge in [-0.05, 0) is 6.92 Å². The zero-order valence-electron chi connectivity index (χ0n) is 11.8. The highest BCUT2D eigenvalue weighted by molar-refractivity contribution is 7.19. The zero-order valence-corrected chi connectivity index (χ0v) is 12.6. The molecule has 0 radical (unpaired) electrons. The van der Waals surface area contributed by atoms with Gasteiger partial charge in [0.15, 0.2) is 5.78 Å². The molecule has 0 fully saturated rings. The van der Waals surface area contributed by atoms with Crippen molar-refractivity contribution >= 4 is 33.7 Å². The molecule has 1 unspecified atom stereocenters. The summed E-state index contributed by atoms with van der Waals surface area (Å²) in [5, 5.41) is 10.3. The quantitative estimate of drug-likeness (QED) is 0.606. The van der Waals surface area contributed by atoms with E-state index in [-0.39, 0.29) is 23.1 Å². The van der Waals surface area contributed by atoms with Gasteiger partial charge in [-0.1, -0.05) is 6.92 Å². The maximum atomic E-state index is 11.9. The number of thiophene rings is 1. The molecule has 21 heavy (non-hydrogen) atoms. The average molecular weight is 307 g/mol. The molecule has 2 heterocycles. The second-order valence-electron chi connectivity index (χ2n) is 4.59. The van der Waals surface area contributed by atoms with E-state index in [4.69, 9.17) is 11.5 Å². The van der Waals surface area contributed by atoms with Crippen LogP contribution in [0.4, 0.5) is 10.7 Å². The number of Topliss-reactive ketones (excluding diaryl/α,β-unsaturated/α-hetero) is 1. The van der Waals surface area contributed by atoms with Gasteiger partial charge in [-0.2, -0.15) is 5.10 Å². The Morgan fingerprint density at radius 2 is 2.24 bits per heavy atom. The van der Waals surface area contributed by atoms with Crippen LogP contribution in [0.3, 0.4) is 0 Å². The smallest absolute Gasteiger partial charge is 0.253 e. The van der Waals surface area contributed by atoms with Crippen molar-refractivity contribution in [2.24, 2.45) is 5.73 Å². The number of aromatic nitrogens is 2. The number of carbonyl (C=O) groups excluding carboxylic acids is 2. The van der Waals surface area contributed by atoms with Crippen molar-refractivity contribution in [2.45, 2.75) is 26.3 Å². The van der Waals surface area contributed by atoms with E-state index in [0.29, 0.717) is 16.3 Å². The molecule has 1 amide bonds. The van der Waals surface area contributed by atoms with Crippen molar-refractivity contribution in [1.82, 2.24) is 10.2 Å². The number of nitrogens with zero attached hydrogens (tertiary/aromatic N) is 1. The zero-order chi connectivity index (χ0) is 15.6. The first-order chi connectivity index (χ1) is 9.95. The van der Waals surface area contributed by atoms with Crippen LogP contribution in [-0.2, 0) is 0 Å². The molecule has 0 spiro atoms. The number of hydrogen-bond acceptors (Lipinski definition) is 6. The fourth-order valence-electron chi connectivity index (χ4n) is 1.94. The molecule has 7 nitrogen and oxygen atoms in total. The average Bonchev–Trinajstić information content (AvgIpc) is 3.06. The van der Waals surface area contributed by atoms with E-state index in [1.807, 2.05) is 6.92 Å². The number of H-pyrrole nitrogens is 1. The molecule has 0 aliphatic heterocycles. The van der Waals surface area contributed by atoms with Crippen molar-refractivity contribution in [3.05, 3.63) is 28.4 Å². The molecule has 0 aromatic carbocycles. The number of hydrogen-bond donors (Lipinski definition) is 4. The van der Waals surface area contributed by atoms with E-state index >= 15 is 0 Å². The summed E-state index contributed by atoms with van der Waals surface area (Å²) in [5.41, 5.74) is 12.5. The molecule has 0 aliphatic carbocycles. The van der Waals surface area contributed by atoms with E-state index in [9.17, 15) is 9.59 Å². The predicted molar refractivity (Wildman–Crippen MR) is 82.5 cm³/mol. The summed E-state index contributed by atoms with van der Waals surface area (Å²) < 4.78 is 0. The number of aromatic amines is 1. The third-order valence-corrected chi connectivity index (χ3v) is 4.31. The Labute approximate surface area is 125 Å². The van der Waals surface area contributed by atoms with Gasteiger partial charge in [0.25, 0.3) is 5.91 Å². The van der Waals surface area contributed by atoms with Crippen molar-refractivity contribution in [3.8, 4) is 0 Å². The number of amides is 1. The topological polar surface area (TPSA) is 127 Å². The largest absolute Gasteiger partial charge is 0.397 e. The Hall–Kier alpha value is -2.35. The summed E-state index contributed by atoms with van der Waals surface area (Å²) in [6, 6.07) is -0.107. The lowest BCUT2D eigenvalue weighted by Gasteiger charge is -2.12. The fraction of sp³-hybridized carbons (Fsp3) is 0.308. The Kier molecular flexibility index (Phi) is 4.27. The monoisotopic (exact) mass is 307 g/mol. The maximum Gasteiger partial charge on any atom is 0.253 e. The molecule has 1 atom stereocenters. The van der Waals surface area contributed by atoms with Gasteiger partial charge < -0.3 is 16.8 Å². The number of nitrogens with two attached hydrogens (primary N) is 2. The molecule has 8 heteroatoms. The first-order valence-corrected chi connectivity index (χ1v) is 7.27. The lowest BCUT2D eigenvalue weighted by atomic mass is 10.1. The normalized spacial score (nSPS) is 12.1. The molecule has 0 aliphatic rings. The van der Waals surface area contributed by atoms with Gasteiger partial charge in [0, 0.05) is 18.2 Å². The highest BCUT2D eigenvalue weighted by atomic mass is 32.1. The van der Waals surface area contributed by atoms with Crippen LogP contribution >= 0.6 is 11.3 Å². The van der Waals surface area contributed by atoms with Gasteiger partial charge in [-0.15, -0.1) is 11.3 Å². The molecule has 112 valence electrons. The van der Waals surface area contributed by atoms with Crippen molar-refractivity contribution < 1.29 is 9.59 Å². The van der Waals surface area contributed by atoms with Crippen LogP contribution in [0.5, 0.6) is 0 Å². The number of anilines is 2. The first-order valence-electron chi connectivity index (χ1n) is 6.46. The molecule has 6 N–H and O–H groups in total. The van der Waals surface area contributed by atoms with Crippen molar-refractivity contribution in [2.75, 3.05) is 11.1 Å². The number of nitrogens with one attached hydrogen (secondary N) is 2. The molecular weight excluding hydrogens is 290 g/mol. The summed E-state index contributed by atoms with van der Waals surface area (Å²) in [4.78, 5) is 23.9. The van der Waals surface area contributed by atoms with E-state index in [1.54, 1.807) is 19.3 Å². The van der Waals surface area contributed by atoms with Gasteiger partial charge in [0.05, 0.1) is 28.4 Å². The Balaban J connectivity index is 2.38. The second-order valence-corrected chi connectivity index (χ2v) is 5.61. The lowest BCUT2D eigenvalue weighted by molar-refractivity contribution is 0.0991. The molecular formula is C13H17N5O2S. The molecule has 0 saturated carbocycles. The van der Waals surface area contributed by atoms with Crippen LogP contribution in [-0.4, -0.2) is 21.9 Å². The molecule has 2 aromatic heterocycles. The van der Waals surface area contributed by atoms with E-state index in [0.717, 1.165) is 16.9 Å². The third kappa shape index (κ3) is 2.89. The van der Waals surface area contributed by atoms with Gasteiger partial charge >= 0.3 is 0 Å². The number of rotatable bonds is 6. The Morgan fingerprint density at radius 1 is 1.52 bits per heavy atom. The number of primary amides is 1. The van der Waals surface area contributed by atoms with Gasteiger partial charge in [-0.25, -0.2) is 0 Å². The van der Waals surface area contributed by atoms with Gasteiger partial charge in [0.2, 0.25) is 0 Å². The second kappa shape index (κ2) is 5.96. The molecule has 0 saturated heterocycles. The minimum atomic E-state index is -0.652. The number of nitrogen functional groups attached to an aromatic ring is 1.